The summed E-state index contributed by atoms with van der Waals surface area (Å²) < 4.78 is 16.9. The van der Waals surface area contributed by atoms with Gasteiger partial charge in [0.1, 0.15) is 13.2 Å². The van der Waals surface area contributed by atoms with Crippen molar-refractivity contribution in [3.8, 4) is 0 Å². The van der Waals surface area contributed by atoms with E-state index in [0.717, 1.165) is 70.6 Å². The van der Waals surface area contributed by atoms with E-state index in [1.165, 1.54) is 257 Å². The maximum absolute atomic E-state index is 12.9. The molecule has 1 unspecified atom stereocenters. The molecule has 0 spiro atoms. The van der Waals surface area contributed by atoms with Gasteiger partial charge >= 0.3 is 17.9 Å². The Hall–Kier alpha value is -2.11. The Morgan fingerprint density at radius 3 is 0.740 bits per heavy atom. The summed E-state index contributed by atoms with van der Waals surface area (Å²) in [5.41, 5.74) is 0. The lowest BCUT2D eigenvalue weighted by Gasteiger charge is -2.18. The Morgan fingerprint density at radius 1 is 0.260 bits per heavy atom. The molecule has 0 aliphatic heterocycles. The molecule has 0 saturated heterocycles. The monoisotopic (exact) mass is 1030 g/mol. The number of hydrogen-bond donors (Lipinski definition) is 0. The van der Waals surface area contributed by atoms with Gasteiger partial charge < -0.3 is 14.2 Å². The summed E-state index contributed by atoms with van der Waals surface area (Å²) >= 11 is 0. The molecule has 0 aromatic heterocycles. The van der Waals surface area contributed by atoms with E-state index in [0.29, 0.717) is 19.3 Å². The van der Waals surface area contributed by atoms with Gasteiger partial charge in [-0.05, 0) is 64.2 Å². The molecule has 0 bridgehead atoms. The van der Waals surface area contributed by atoms with Crippen LogP contribution in [0, 0.1) is 0 Å². The molecular weight excluding hydrogens is 901 g/mol. The van der Waals surface area contributed by atoms with E-state index in [-0.39, 0.29) is 31.1 Å². The first-order chi connectivity index (χ1) is 36.0. The number of unbranched alkanes of at least 4 members (excludes halogenated alkanes) is 46. The summed E-state index contributed by atoms with van der Waals surface area (Å²) in [6.45, 7) is 6.63. The van der Waals surface area contributed by atoms with Crippen molar-refractivity contribution in [1.29, 1.82) is 0 Å². The van der Waals surface area contributed by atoms with Gasteiger partial charge in [0.15, 0.2) is 6.10 Å². The smallest absolute Gasteiger partial charge is 0.306 e. The summed E-state index contributed by atoms with van der Waals surface area (Å²) in [7, 11) is 0. The van der Waals surface area contributed by atoms with Gasteiger partial charge in [-0.1, -0.05) is 308 Å². The molecule has 0 aliphatic rings. The van der Waals surface area contributed by atoms with E-state index in [2.05, 4.69) is 45.1 Å². The highest BCUT2D eigenvalue weighted by atomic mass is 16.6. The molecule has 0 aromatic rings. The molecule has 430 valence electrons. The van der Waals surface area contributed by atoms with Crippen LogP contribution in [0.4, 0.5) is 0 Å². The molecule has 73 heavy (non-hydrogen) atoms. The molecule has 0 N–H and O–H groups in total. The zero-order valence-electron chi connectivity index (χ0n) is 49.4. The number of allylic oxidation sites excluding steroid dienone is 4. The predicted octanol–water partition coefficient (Wildman–Crippen LogP) is 22.2. The second-order valence-electron chi connectivity index (χ2n) is 22.4. The number of carbonyl (C=O) groups excluding carboxylic acids is 3. The van der Waals surface area contributed by atoms with Gasteiger partial charge in [0.25, 0.3) is 0 Å². The van der Waals surface area contributed by atoms with Crippen LogP contribution in [0.15, 0.2) is 24.3 Å². The molecule has 0 rings (SSSR count). The van der Waals surface area contributed by atoms with Crippen LogP contribution in [0.3, 0.4) is 0 Å². The first kappa shape index (κ1) is 70.9. The van der Waals surface area contributed by atoms with Crippen molar-refractivity contribution in [2.24, 2.45) is 0 Å². The van der Waals surface area contributed by atoms with Crippen LogP contribution in [-0.2, 0) is 28.6 Å². The third kappa shape index (κ3) is 60.6. The Kier molecular flexibility index (Phi) is 60.6. The summed E-state index contributed by atoms with van der Waals surface area (Å²) in [4.78, 5) is 38.2. The molecule has 0 fully saturated rings. The first-order valence-corrected chi connectivity index (χ1v) is 32.8. The second-order valence-corrected chi connectivity index (χ2v) is 22.4. The zero-order chi connectivity index (χ0) is 52.9. The van der Waals surface area contributed by atoms with Crippen molar-refractivity contribution in [3.63, 3.8) is 0 Å². The minimum absolute atomic E-state index is 0.0682. The molecular formula is C67H126O6. The molecule has 0 aromatic carbocycles. The van der Waals surface area contributed by atoms with Gasteiger partial charge in [-0.25, -0.2) is 0 Å². The van der Waals surface area contributed by atoms with Crippen molar-refractivity contribution >= 4 is 17.9 Å². The van der Waals surface area contributed by atoms with Gasteiger partial charge in [0.05, 0.1) is 0 Å². The van der Waals surface area contributed by atoms with Crippen LogP contribution in [-0.4, -0.2) is 37.2 Å². The van der Waals surface area contributed by atoms with Crippen LogP contribution in [0.5, 0.6) is 0 Å². The fourth-order valence-electron chi connectivity index (χ4n) is 9.97. The van der Waals surface area contributed by atoms with Crippen LogP contribution in [0.1, 0.15) is 367 Å². The standard InChI is InChI=1S/C67H126O6/c1-4-7-10-13-16-19-22-24-26-28-29-30-31-32-33-34-35-36-37-38-39-40-42-43-45-48-51-54-57-60-66(69)72-63-64(62-71-65(68)59-56-53-50-47-21-18-15-12-9-6-3)73-67(70)61-58-55-52-49-46-44-41-27-25-23-20-17-14-11-8-5-2/h12,15,28-29,64H,4-11,13-14,16-27,30-63H2,1-3H3/b15-12-,29-28-. The van der Waals surface area contributed by atoms with Gasteiger partial charge in [0.2, 0.25) is 0 Å². The SMILES string of the molecule is CCC/C=C\CCCCCCCC(=O)OCC(COC(=O)CCCCCCCCCCCCCCCCCCC/C=C\CCCCCCCCCC)OC(=O)CCCCCCCCCCCCCCCCCC. The first-order valence-electron chi connectivity index (χ1n) is 32.8. The predicted molar refractivity (Wildman–Crippen MR) is 316 cm³/mol. The fourth-order valence-corrected chi connectivity index (χ4v) is 9.97. The second kappa shape index (κ2) is 62.4. The number of hydrogen-bond acceptors (Lipinski definition) is 6. The summed E-state index contributed by atoms with van der Waals surface area (Å²) in [6.07, 6.45) is 75.0. The molecule has 0 amide bonds. The molecule has 6 heteroatoms. The number of carbonyl (C=O) groups is 3. The normalized spacial score (nSPS) is 12.1. The van der Waals surface area contributed by atoms with E-state index in [1.54, 1.807) is 0 Å². The van der Waals surface area contributed by atoms with Gasteiger partial charge in [-0.3, -0.25) is 14.4 Å². The maximum Gasteiger partial charge on any atom is 0.306 e. The quantitative estimate of drug-likeness (QED) is 0.0261. The highest BCUT2D eigenvalue weighted by Crippen LogP contribution is 2.18. The minimum Gasteiger partial charge on any atom is -0.462 e. The fraction of sp³-hybridized carbons (Fsp3) is 0.896. The topological polar surface area (TPSA) is 78.9 Å². The maximum atomic E-state index is 12.9. The van der Waals surface area contributed by atoms with Gasteiger partial charge in [-0.15, -0.1) is 0 Å². The summed E-state index contributed by atoms with van der Waals surface area (Å²) in [5, 5.41) is 0. The van der Waals surface area contributed by atoms with E-state index in [1.807, 2.05) is 0 Å². The van der Waals surface area contributed by atoms with Crippen molar-refractivity contribution in [1.82, 2.24) is 0 Å². The van der Waals surface area contributed by atoms with E-state index in [9.17, 15) is 14.4 Å². The van der Waals surface area contributed by atoms with Gasteiger partial charge in [0, 0.05) is 19.3 Å². The van der Waals surface area contributed by atoms with E-state index >= 15 is 0 Å². The Labute approximate surface area is 455 Å². The highest BCUT2D eigenvalue weighted by molar-refractivity contribution is 5.71. The summed E-state index contributed by atoms with van der Waals surface area (Å²) in [5.74, 6) is -0.854. The number of rotatable bonds is 61. The zero-order valence-corrected chi connectivity index (χ0v) is 49.4. The number of ether oxygens (including phenoxy) is 3. The number of esters is 3. The Morgan fingerprint density at radius 2 is 0.479 bits per heavy atom. The van der Waals surface area contributed by atoms with Crippen LogP contribution >= 0.6 is 0 Å². The Bertz CT molecular complexity index is 1180. The third-order valence-electron chi connectivity index (χ3n) is 14.9. The van der Waals surface area contributed by atoms with Crippen LogP contribution in [0.25, 0.3) is 0 Å². The van der Waals surface area contributed by atoms with Crippen molar-refractivity contribution < 1.29 is 28.6 Å². The lowest BCUT2D eigenvalue weighted by molar-refractivity contribution is -0.167. The lowest BCUT2D eigenvalue weighted by atomic mass is 10.0. The molecule has 0 aliphatic carbocycles. The van der Waals surface area contributed by atoms with Crippen molar-refractivity contribution in [2.45, 2.75) is 374 Å². The third-order valence-corrected chi connectivity index (χ3v) is 14.9. The van der Waals surface area contributed by atoms with E-state index in [4.69, 9.17) is 14.2 Å². The molecule has 1 atom stereocenters. The van der Waals surface area contributed by atoms with E-state index < -0.39 is 6.10 Å². The average Bonchev–Trinajstić information content (AvgIpc) is 3.39. The van der Waals surface area contributed by atoms with Crippen LogP contribution < -0.4 is 0 Å². The molecule has 0 saturated carbocycles. The summed E-state index contributed by atoms with van der Waals surface area (Å²) in [6, 6.07) is 0. The molecule has 6 nitrogen and oxygen atoms in total. The Balaban J connectivity index is 4.09. The molecule has 0 radical (unpaired) electrons. The highest BCUT2D eigenvalue weighted by Gasteiger charge is 2.19. The lowest BCUT2D eigenvalue weighted by Crippen LogP contribution is -2.30. The molecule has 0 heterocycles. The largest absolute Gasteiger partial charge is 0.462 e. The van der Waals surface area contributed by atoms with Crippen LogP contribution in [0.2, 0.25) is 0 Å². The van der Waals surface area contributed by atoms with Gasteiger partial charge in [-0.2, -0.15) is 0 Å². The average molecular weight is 1030 g/mol. The van der Waals surface area contributed by atoms with Crippen molar-refractivity contribution in [2.75, 3.05) is 13.2 Å². The minimum atomic E-state index is -0.769. The van der Waals surface area contributed by atoms with Crippen molar-refractivity contribution in [3.05, 3.63) is 24.3 Å².